The van der Waals surface area contributed by atoms with Gasteiger partial charge in [0, 0.05) is 5.92 Å². The molecular weight excluding hydrogens is 240 g/mol. The second-order valence-corrected chi connectivity index (χ2v) is 6.06. The molecule has 1 atom stereocenters. The van der Waals surface area contributed by atoms with Gasteiger partial charge in [-0.1, -0.05) is 26.3 Å². The van der Waals surface area contributed by atoms with Crippen molar-refractivity contribution in [3.05, 3.63) is 29.6 Å². The lowest BCUT2D eigenvalue weighted by Crippen LogP contribution is -2.16. The Morgan fingerprint density at radius 1 is 1.47 bits per heavy atom. The summed E-state index contributed by atoms with van der Waals surface area (Å²) in [5, 5.41) is 9.21. The van der Waals surface area contributed by atoms with E-state index < -0.39 is 5.97 Å². The zero-order chi connectivity index (χ0) is 13.6. The summed E-state index contributed by atoms with van der Waals surface area (Å²) in [7, 11) is 0. The van der Waals surface area contributed by atoms with Gasteiger partial charge in [0.05, 0.1) is 11.1 Å². The number of aromatic amines is 1. The molecule has 2 N–H and O–H groups in total. The van der Waals surface area contributed by atoms with Crippen LogP contribution in [0, 0.1) is 5.41 Å². The van der Waals surface area contributed by atoms with Crippen molar-refractivity contribution >= 4 is 17.0 Å². The third-order valence-electron chi connectivity index (χ3n) is 4.35. The van der Waals surface area contributed by atoms with Gasteiger partial charge < -0.3 is 10.1 Å². The second kappa shape index (κ2) is 4.08. The monoisotopic (exact) mass is 258 g/mol. The fourth-order valence-electron chi connectivity index (χ4n) is 3.22. The Hall–Kier alpha value is -1.84. The van der Waals surface area contributed by atoms with E-state index in [1.165, 1.54) is 12.8 Å². The Balaban J connectivity index is 2.12. The quantitative estimate of drug-likeness (QED) is 0.865. The minimum absolute atomic E-state index is 0.233. The van der Waals surface area contributed by atoms with E-state index in [-0.39, 0.29) is 11.0 Å². The molecule has 0 amide bonds. The number of nitrogens with zero attached hydrogens (tertiary/aromatic N) is 1. The van der Waals surface area contributed by atoms with Gasteiger partial charge in [0.2, 0.25) is 0 Å². The van der Waals surface area contributed by atoms with Gasteiger partial charge in [-0.25, -0.2) is 9.78 Å². The van der Waals surface area contributed by atoms with Gasteiger partial charge >= 0.3 is 5.97 Å². The van der Waals surface area contributed by atoms with E-state index >= 15 is 0 Å². The number of carboxylic acids is 1. The fraction of sp³-hybridized carbons (Fsp3) is 0.467. The highest BCUT2D eigenvalue weighted by atomic mass is 16.4. The second-order valence-electron chi connectivity index (χ2n) is 6.06. The molecule has 1 aliphatic rings. The van der Waals surface area contributed by atoms with Gasteiger partial charge in [0.15, 0.2) is 0 Å². The van der Waals surface area contributed by atoms with E-state index in [2.05, 4.69) is 23.8 Å². The molecule has 1 saturated carbocycles. The van der Waals surface area contributed by atoms with E-state index in [0.717, 1.165) is 17.8 Å². The number of H-pyrrole nitrogens is 1. The van der Waals surface area contributed by atoms with Crippen LogP contribution in [-0.4, -0.2) is 21.0 Å². The van der Waals surface area contributed by atoms with Crippen molar-refractivity contribution in [2.45, 2.75) is 39.0 Å². The van der Waals surface area contributed by atoms with E-state index in [9.17, 15) is 9.90 Å². The molecule has 0 spiro atoms. The van der Waals surface area contributed by atoms with E-state index in [0.29, 0.717) is 11.4 Å². The molecule has 2 aromatic rings. The zero-order valence-electron chi connectivity index (χ0n) is 11.2. The van der Waals surface area contributed by atoms with Gasteiger partial charge in [-0.2, -0.15) is 0 Å². The average molecular weight is 258 g/mol. The molecule has 0 radical (unpaired) electrons. The maximum Gasteiger partial charge on any atom is 0.337 e. The van der Waals surface area contributed by atoms with Crippen LogP contribution in [0.2, 0.25) is 0 Å². The Morgan fingerprint density at radius 2 is 2.26 bits per heavy atom. The summed E-state index contributed by atoms with van der Waals surface area (Å²) < 4.78 is 0. The number of hydrogen-bond acceptors (Lipinski definition) is 2. The first kappa shape index (κ1) is 12.2. The van der Waals surface area contributed by atoms with Crippen LogP contribution in [0.15, 0.2) is 18.2 Å². The molecule has 1 heterocycles. The molecule has 0 saturated heterocycles. The van der Waals surface area contributed by atoms with Crippen LogP contribution in [0.3, 0.4) is 0 Å². The minimum atomic E-state index is -0.922. The zero-order valence-corrected chi connectivity index (χ0v) is 11.2. The van der Waals surface area contributed by atoms with Crippen molar-refractivity contribution in [2.24, 2.45) is 5.41 Å². The van der Waals surface area contributed by atoms with Crippen LogP contribution in [0.4, 0.5) is 0 Å². The standard InChI is InChI=1S/C15H18N2O2/c1-15(2)8-4-6-10(15)13-16-11-7-3-5-9(14(18)19)12(11)17-13/h3,5,7,10H,4,6,8H2,1-2H3,(H,16,17)(H,18,19). The highest BCUT2D eigenvalue weighted by Gasteiger charge is 2.37. The SMILES string of the molecule is CC1(C)CCCC1c1nc2c(C(=O)O)cccc2[nH]1. The molecule has 1 fully saturated rings. The van der Waals surface area contributed by atoms with Crippen molar-refractivity contribution < 1.29 is 9.90 Å². The maximum absolute atomic E-state index is 11.2. The molecule has 1 aromatic heterocycles. The summed E-state index contributed by atoms with van der Waals surface area (Å²) in [6, 6.07) is 5.25. The first-order valence-corrected chi connectivity index (χ1v) is 6.71. The normalized spacial score (nSPS) is 21.9. The van der Waals surface area contributed by atoms with Crippen LogP contribution < -0.4 is 0 Å². The topological polar surface area (TPSA) is 66.0 Å². The van der Waals surface area contributed by atoms with Gasteiger partial charge in [-0.3, -0.25) is 0 Å². The molecular formula is C15H18N2O2. The van der Waals surface area contributed by atoms with Crippen LogP contribution in [-0.2, 0) is 0 Å². The maximum atomic E-state index is 11.2. The number of carbonyl (C=O) groups is 1. The van der Waals surface area contributed by atoms with Crippen LogP contribution in [0.25, 0.3) is 11.0 Å². The smallest absolute Gasteiger partial charge is 0.337 e. The largest absolute Gasteiger partial charge is 0.478 e. The van der Waals surface area contributed by atoms with Gasteiger partial charge in [-0.05, 0) is 30.4 Å². The molecule has 4 heteroatoms. The number of nitrogens with one attached hydrogen (secondary N) is 1. The summed E-state index contributed by atoms with van der Waals surface area (Å²) in [4.78, 5) is 19.1. The fourth-order valence-corrected chi connectivity index (χ4v) is 3.22. The van der Waals surface area contributed by atoms with Crippen molar-refractivity contribution in [1.82, 2.24) is 9.97 Å². The number of para-hydroxylation sites is 1. The van der Waals surface area contributed by atoms with Crippen LogP contribution >= 0.6 is 0 Å². The third kappa shape index (κ3) is 1.91. The summed E-state index contributed by atoms with van der Waals surface area (Å²) in [5.41, 5.74) is 1.90. The molecule has 19 heavy (non-hydrogen) atoms. The van der Waals surface area contributed by atoms with E-state index in [4.69, 9.17) is 0 Å². The van der Waals surface area contributed by atoms with Crippen molar-refractivity contribution in [3.8, 4) is 0 Å². The number of imidazole rings is 1. The van der Waals surface area contributed by atoms with Crippen LogP contribution in [0.1, 0.15) is 55.2 Å². The number of aromatic carboxylic acids is 1. The summed E-state index contributed by atoms with van der Waals surface area (Å²) in [6.45, 7) is 4.52. The first-order chi connectivity index (χ1) is 8.99. The van der Waals surface area contributed by atoms with E-state index in [1.54, 1.807) is 12.1 Å². The molecule has 0 bridgehead atoms. The lowest BCUT2D eigenvalue weighted by molar-refractivity contribution is 0.0699. The van der Waals surface area contributed by atoms with E-state index in [1.807, 2.05) is 6.07 Å². The Kier molecular flexibility index (Phi) is 2.62. The van der Waals surface area contributed by atoms with Crippen molar-refractivity contribution in [1.29, 1.82) is 0 Å². The summed E-state index contributed by atoms with van der Waals surface area (Å²) >= 11 is 0. The molecule has 4 nitrogen and oxygen atoms in total. The first-order valence-electron chi connectivity index (χ1n) is 6.71. The molecule has 0 aliphatic heterocycles. The average Bonchev–Trinajstić information content (AvgIpc) is 2.90. The molecule has 1 aliphatic carbocycles. The number of rotatable bonds is 2. The van der Waals surface area contributed by atoms with Crippen molar-refractivity contribution in [3.63, 3.8) is 0 Å². The lowest BCUT2D eigenvalue weighted by Gasteiger charge is -2.24. The third-order valence-corrected chi connectivity index (χ3v) is 4.35. The predicted octanol–water partition coefficient (Wildman–Crippen LogP) is 3.55. The van der Waals surface area contributed by atoms with Gasteiger partial charge in [0.1, 0.15) is 11.3 Å². The highest BCUT2D eigenvalue weighted by molar-refractivity contribution is 6.00. The summed E-state index contributed by atoms with van der Waals surface area (Å²) in [6.07, 6.45) is 3.52. The highest BCUT2D eigenvalue weighted by Crippen LogP contribution is 2.48. The number of carboxylic acid groups (broad SMARTS) is 1. The molecule has 1 unspecified atom stereocenters. The van der Waals surface area contributed by atoms with Gasteiger partial charge in [0.25, 0.3) is 0 Å². The number of fused-ring (bicyclic) bond motifs is 1. The van der Waals surface area contributed by atoms with Crippen LogP contribution in [0.5, 0.6) is 0 Å². The Bertz CT molecular complexity index is 643. The number of aromatic nitrogens is 2. The minimum Gasteiger partial charge on any atom is -0.478 e. The Morgan fingerprint density at radius 3 is 2.89 bits per heavy atom. The summed E-state index contributed by atoms with van der Waals surface area (Å²) in [5.74, 6) is 0.405. The number of benzene rings is 1. The number of hydrogen-bond donors (Lipinski definition) is 2. The van der Waals surface area contributed by atoms with Crippen molar-refractivity contribution in [2.75, 3.05) is 0 Å². The molecule has 100 valence electrons. The lowest BCUT2D eigenvalue weighted by atomic mass is 9.81. The molecule has 3 rings (SSSR count). The predicted molar refractivity (Wildman–Crippen MR) is 73.4 cm³/mol. The Labute approximate surface area is 111 Å². The van der Waals surface area contributed by atoms with Gasteiger partial charge in [-0.15, -0.1) is 0 Å². The molecule has 1 aromatic carbocycles.